The first-order valence-electron chi connectivity index (χ1n) is 9.62. The Labute approximate surface area is 171 Å². The molecule has 2 aliphatic heterocycles. The van der Waals surface area contributed by atoms with E-state index in [2.05, 4.69) is 6.07 Å². The van der Waals surface area contributed by atoms with Crippen LogP contribution in [-0.2, 0) is 21.2 Å². The average Bonchev–Trinajstić information content (AvgIpc) is 2.73. The summed E-state index contributed by atoms with van der Waals surface area (Å²) in [5.41, 5.74) is 2.15. The van der Waals surface area contributed by atoms with Gasteiger partial charge in [-0.15, -0.1) is 0 Å². The molecule has 0 N–H and O–H groups in total. The predicted octanol–water partition coefficient (Wildman–Crippen LogP) is 3.72. The van der Waals surface area contributed by atoms with Crippen molar-refractivity contribution in [2.24, 2.45) is 5.92 Å². The summed E-state index contributed by atoms with van der Waals surface area (Å²) in [6, 6.07) is 14.2. The first-order chi connectivity index (χ1) is 13.5. The first kappa shape index (κ1) is 19.4. The van der Waals surface area contributed by atoms with Crippen LogP contribution in [0.2, 0.25) is 5.02 Å². The zero-order valence-electron chi connectivity index (χ0n) is 15.6. The van der Waals surface area contributed by atoms with Crippen molar-refractivity contribution in [1.29, 1.82) is 0 Å². The lowest BCUT2D eigenvalue weighted by molar-refractivity contribution is -0.123. The van der Waals surface area contributed by atoms with Crippen molar-refractivity contribution in [3.8, 4) is 0 Å². The largest absolute Gasteiger partial charge is 0.312 e. The molecule has 2 aliphatic rings. The molecule has 2 aromatic rings. The van der Waals surface area contributed by atoms with Crippen molar-refractivity contribution in [3.63, 3.8) is 0 Å². The lowest BCUT2D eigenvalue weighted by Gasteiger charge is -2.36. The van der Waals surface area contributed by atoms with Gasteiger partial charge in [-0.25, -0.2) is 8.42 Å². The van der Waals surface area contributed by atoms with Gasteiger partial charge < -0.3 is 4.90 Å². The van der Waals surface area contributed by atoms with Gasteiger partial charge in [-0.05, 0) is 61.6 Å². The highest BCUT2D eigenvalue weighted by atomic mass is 35.5. The minimum absolute atomic E-state index is 0.0307. The molecule has 0 spiro atoms. The van der Waals surface area contributed by atoms with Crippen molar-refractivity contribution in [2.45, 2.75) is 30.6 Å². The Kier molecular flexibility index (Phi) is 5.45. The van der Waals surface area contributed by atoms with Crippen LogP contribution in [0.25, 0.3) is 0 Å². The third-order valence-electron chi connectivity index (χ3n) is 5.56. The lowest BCUT2D eigenvalue weighted by atomic mass is 9.95. The number of halogens is 1. The van der Waals surface area contributed by atoms with Crippen LogP contribution in [0.1, 0.15) is 24.8 Å². The Hall–Kier alpha value is -1.89. The maximum absolute atomic E-state index is 13.3. The summed E-state index contributed by atoms with van der Waals surface area (Å²) in [5, 5.41) is 0.495. The van der Waals surface area contributed by atoms with Crippen molar-refractivity contribution in [2.75, 3.05) is 24.5 Å². The average molecular weight is 419 g/mol. The number of carbonyl (C=O) groups is 1. The van der Waals surface area contributed by atoms with E-state index in [9.17, 15) is 13.2 Å². The van der Waals surface area contributed by atoms with Crippen LogP contribution in [0, 0.1) is 5.92 Å². The highest BCUT2D eigenvalue weighted by Crippen LogP contribution is 2.31. The summed E-state index contributed by atoms with van der Waals surface area (Å²) in [5.74, 6) is -0.287. The maximum atomic E-state index is 13.3. The Bertz CT molecular complexity index is 975. The molecule has 0 aliphatic carbocycles. The standard InChI is InChI=1S/C21H23ClN2O3S/c22-18-9-11-19(12-10-18)28(26,27)23-13-3-7-17(15-23)21(25)24-14-4-6-16-5-1-2-8-20(16)24/h1-2,5,8-12,17H,3-4,6-7,13-15H2/t17-/m1/s1. The number of rotatable bonds is 3. The molecule has 0 saturated carbocycles. The molecule has 4 rings (SSSR count). The quantitative estimate of drug-likeness (QED) is 0.763. The SMILES string of the molecule is O=C([C@@H]1CCCN(S(=O)(=O)c2ccc(Cl)cc2)C1)N1CCCc2ccccc21. The number of aryl methyl sites for hydroxylation is 1. The number of para-hydroxylation sites is 1. The van der Waals surface area contributed by atoms with Gasteiger partial charge in [0.05, 0.1) is 10.8 Å². The molecule has 1 fully saturated rings. The van der Waals surface area contributed by atoms with E-state index in [1.807, 2.05) is 23.1 Å². The fraction of sp³-hybridized carbons (Fsp3) is 0.381. The van der Waals surface area contributed by atoms with Gasteiger partial charge in [0, 0.05) is 30.3 Å². The highest BCUT2D eigenvalue weighted by molar-refractivity contribution is 7.89. The Morgan fingerprint density at radius 1 is 1.00 bits per heavy atom. The molecule has 148 valence electrons. The van der Waals surface area contributed by atoms with Gasteiger partial charge >= 0.3 is 0 Å². The molecule has 0 radical (unpaired) electrons. The third kappa shape index (κ3) is 3.69. The van der Waals surface area contributed by atoms with E-state index >= 15 is 0 Å². The van der Waals surface area contributed by atoms with Crippen molar-refractivity contribution in [1.82, 2.24) is 4.31 Å². The Morgan fingerprint density at radius 2 is 1.75 bits per heavy atom. The molecule has 1 amide bonds. The van der Waals surface area contributed by atoms with Crippen LogP contribution in [0.15, 0.2) is 53.4 Å². The van der Waals surface area contributed by atoms with Crippen LogP contribution >= 0.6 is 11.6 Å². The molecule has 0 bridgehead atoms. The summed E-state index contributed by atoms with van der Waals surface area (Å²) in [4.78, 5) is 15.3. The van der Waals surface area contributed by atoms with Gasteiger partial charge in [-0.2, -0.15) is 4.31 Å². The summed E-state index contributed by atoms with van der Waals surface area (Å²) >= 11 is 5.88. The van der Waals surface area contributed by atoms with E-state index in [1.54, 1.807) is 12.1 Å². The number of benzene rings is 2. The topological polar surface area (TPSA) is 57.7 Å². The zero-order valence-corrected chi connectivity index (χ0v) is 17.1. The number of nitrogens with zero attached hydrogens (tertiary/aromatic N) is 2. The molecule has 0 unspecified atom stereocenters. The van der Waals surface area contributed by atoms with Crippen LogP contribution in [0.3, 0.4) is 0 Å². The predicted molar refractivity (Wildman–Crippen MR) is 110 cm³/mol. The third-order valence-corrected chi connectivity index (χ3v) is 7.69. The van der Waals surface area contributed by atoms with Crippen LogP contribution in [0.4, 0.5) is 5.69 Å². The van der Waals surface area contributed by atoms with E-state index in [0.29, 0.717) is 31.0 Å². The second-order valence-corrected chi connectivity index (χ2v) is 9.75. The molecule has 0 aromatic heterocycles. The molecule has 2 heterocycles. The number of amides is 1. The van der Waals surface area contributed by atoms with Gasteiger partial charge in [0.2, 0.25) is 15.9 Å². The minimum atomic E-state index is -3.63. The lowest BCUT2D eigenvalue weighted by Crippen LogP contribution is -2.48. The summed E-state index contributed by atoms with van der Waals surface area (Å²) < 4.78 is 27.4. The molecular formula is C21H23ClN2O3S. The molecule has 1 atom stereocenters. The summed E-state index contributed by atoms with van der Waals surface area (Å²) in [7, 11) is -3.63. The van der Waals surface area contributed by atoms with E-state index < -0.39 is 10.0 Å². The summed E-state index contributed by atoms with van der Waals surface area (Å²) in [6.45, 7) is 1.35. The van der Waals surface area contributed by atoms with Crippen LogP contribution in [-0.4, -0.2) is 38.3 Å². The fourth-order valence-electron chi connectivity index (χ4n) is 4.10. The zero-order chi connectivity index (χ0) is 19.7. The van der Waals surface area contributed by atoms with Crippen LogP contribution in [0.5, 0.6) is 0 Å². The molecular weight excluding hydrogens is 396 g/mol. The van der Waals surface area contributed by atoms with Gasteiger partial charge in [0.25, 0.3) is 0 Å². The summed E-state index contributed by atoms with van der Waals surface area (Å²) in [6.07, 6.45) is 3.30. The van der Waals surface area contributed by atoms with Gasteiger partial charge in [-0.1, -0.05) is 29.8 Å². The number of hydrogen-bond donors (Lipinski definition) is 0. The molecule has 5 nitrogen and oxygen atoms in total. The second kappa shape index (κ2) is 7.85. The van der Waals surface area contributed by atoms with E-state index in [-0.39, 0.29) is 23.3 Å². The first-order valence-corrected chi connectivity index (χ1v) is 11.4. The smallest absolute Gasteiger partial charge is 0.243 e. The van der Waals surface area contributed by atoms with E-state index in [1.165, 1.54) is 22.0 Å². The number of anilines is 1. The maximum Gasteiger partial charge on any atom is 0.243 e. The van der Waals surface area contributed by atoms with E-state index in [4.69, 9.17) is 11.6 Å². The number of sulfonamides is 1. The number of carbonyl (C=O) groups excluding carboxylic acids is 1. The second-order valence-electron chi connectivity index (χ2n) is 7.38. The van der Waals surface area contributed by atoms with Gasteiger partial charge in [-0.3, -0.25) is 4.79 Å². The minimum Gasteiger partial charge on any atom is -0.312 e. The van der Waals surface area contributed by atoms with Crippen LogP contribution < -0.4 is 4.90 Å². The van der Waals surface area contributed by atoms with Crippen molar-refractivity contribution in [3.05, 3.63) is 59.1 Å². The van der Waals surface area contributed by atoms with Gasteiger partial charge in [0.15, 0.2) is 0 Å². The normalized spacial score (nSPS) is 20.6. The fourth-order valence-corrected chi connectivity index (χ4v) is 5.75. The van der Waals surface area contributed by atoms with E-state index in [0.717, 1.165) is 18.5 Å². The Balaban J connectivity index is 1.54. The molecule has 2 aromatic carbocycles. The van der Waals surface area contributed by atoms with Gasteiger partial charge in [0.1, 0.15) is 0 Å². The number of piperidine rings is 1. The molecule has 1 saturated heterocycles. The molecule has 28 heavy (non-hydrogen) atoms. The molecule has 7 heteroatoms. The highest BCUT2D eigenvalue weighted by Gasteiger charge is 2.36. The number of hydrogen-bond acceptors (Lipinski definition) is 3. The van der Waals surface area contributed by atoms with Crippen molar-refractivity contribution < 1.29 is 13.2 Å². The number of fused-ring (bicyclic) bond motifs is 1. The van der Waals surface area contributed by atoms with Crippen molar-refractivity contribution >= 4 is 33.2 Å². The Morgan fingerprint density at radius 3 is 2.54 bits per heavy atom. The monoisotopic (exact) mass is 418 g/mol.